The van der Waals surface area contributed by atoms with E-state index in [-0.39, 0.29) is 34.1 Å². The van der Waals surface area contributed by atoms with Crippen molar-refractivity contribution in [1.82, 2.24) is 39.0 Å². The van der Waals surface area contributed by atoms with Crippen LogP contribution < -0.4 is 17.0 Å². The van der Waals surface area contributed by atoms with Gasteiger partial charge in [-0.2, -0.15) is 4.98 Å². The molecule has 4 aromatic rings. The summed E-state index contributed by atoms with van der Waals surface area (Å²) in [6.45, 7) is -1.43. The van der Waals surface area contributed by atoms with E-state index in [2.05, 4.69) is 44.5 Å². The summed E-state index contributed by atoms with van der Waals surface area (Å²) < 4.78 is 53.5. The second-order valence-corrected chi connectivity index (χ2v) is 12.3. The number of nitrogens with zero attached hydrogens (tertiary/aromatic N) is 10. The molecule has 252 valence electrons. The monoisotopic (exact) mass is 701 g/mol. The normalized spacial score (nSPS) is 29.6. The Morgan fingerprint density at radius 1 is 1.06 bits per heavy atom. The lowest BCUT2D eigenvalue weighted by Crippen LogP contribution is -2.36. The van der Waals surface area contributed by atoms with Crippen LogP contribution in [0.1, 0.15) is 12.5 Å². The molecule has 27 heteroatoms. The van der Waals surface area contributed by atoms with Crippen LogP contribution >= 0.6 is 16.1 Å². The molecule has 3 unspecified atom stereocenters. The van der Waals surface area contributed by atoms with E-state index < -0.39 is 83.9 Å². The zero-order valence-corrected chi connectivity index (χ0v) is 25.3. The number of nitrogens with two attached hydrogens (primary N) is 2. The minimum atomic E-state index is -5.19. The standard InChI is InChI=1S/C20H25N13O12P2/c21-14-9-15(25-3-24-14)32(4-26-9)18-12(35)8(30-31-23)6(43-18)2-42-47(39,40)45-13-11(34)7(1-41-46(37)38)44-19(13)33-5-27-10-16(33)28-20(22)29-17(10)36/h3-8,11-13,18-19,34-35,46H,1-2H2,(H,37,38)(H,39,40)(H2,21,24,25)(H3,22,28,29,36)/t6-,7-,8?,11-,12-,13-,18-,19-/m1/s1. The van der Waals surface area contributed by atoms with Crippen LogP contribution in [0.25, 0.3) is 32.8 Å². The molecule has 0 aromatic carbocycles. The van der Waals surface area contributed by atoms with Crippen molar-refractivity contribution < 1.29 is 52.2 Å². The third-order valence-electron chi connectivity index (χ3n) is 7.25. The minimum Gasteiger partial charge on any atom is -0.388 e. The van der Waals surface area contributed by atoms with Gasteiger partial charge in [-0.1, -0.05) is 5.11 Å². The molecule has 2 fully saturated rings. The maximum Gasteiger partial charge on any atom is 0.472 e. The van der Waals surface area contributed by atoms with Crippen LogP contribution in [-0.4, -0.2) is 109 Å². The lowest BCUT2D eigenvalue weighted by Gasteiger charge is -2.25. The largest absolute Gasteiger partial charge is 0.472 e. The number of ether oxygens (including phenoxy) is 2. The highest BCUT2D eigenvalue weighted by Crippen LogP contribution is 2.50. The lowest BCUT2D eigenvalue weighted by molar-refractivity contribution is -0.0583. The van der Waals surface area contributed by atoms with Crippen LogP contribution in [0.3, 0.4) is 0 Å². The number of hydrogen-bond acceptors (Lipinski definition) is 18. The molecule has 9 N–H and O–H groups in total. The van der Waals surface area contributed by atoms with Crippen LogP contribution in [0, 0.1) is 0 Å². The van der Waals surface area contributed by atoms with Gasteiger partial charge in [0.2, 0.25) is 5.95 Å². The highest BCUT2D eigenvalue weighted by Gasteiger charge is 2.51. The second kappa shape index (κ2) is 12.8. The molecule has 10 atom stereocenters. The molecule has 25 nitrogen and oxygen atoms in total. The second-order valence-electron chi connectivity index (χ2n) is 10.1. The van der Waals surface area contributed by atoms with Gasteiger partial charge >= 0.3 is 16.1 Å². The summed E-state index contributed by atoms with van der Waals surface area (Å²) in [6.07, 6.45) is -7.09. The molecular weight excluding hydrogens is 676 g/mol. The molecule has 47 heavy (non-hydrogen) atoms. The van der Waals surface area contributed by atoms with Gasteiger partial charge in [-0.05, 0) is 5.53 Å². The number of phosphoric ester groups is 1. The van der Waals surface area contributed by atoms with Gasteiger partial charge in [0, 0.05) is 4.91 Å². The van der Waals surface area contributed by atoms with Gasteiger partial charge in [0.15, 0.2) is 35.1 Å². The zero-order valence-electron chi connectivity index (χ0n) is 23.4. The number of azide groups is 1. The Kier molecular flexibility index (Phi) is 8.97. The van der Waals surface area contributed by atoms with Crippen molar-refractivity contribution in [3.63, 3.8) is 0 Å². The minimum absolute atomic E-state index is 0.0525. The van der Waals surface area contributed by atoms with E-state index in [1.807, 2.05) is 0 Å². The molecule has 0 saturated carbocycles. The van der Waals surface area contributed by atoms with Crippen molar-refractivity contribution in [1.29, 1.82) is 0 Å². The van der Waals surface area contributed by atoms with Crippen LogP contribution in [0.15, 0.2) is 28.9 Å². The number of fused-ring (bicyclic) bond motifs is 2. The number of imidazole rings is 2. The fourth-order valence-corrected chi connectivity index (χ4v) is 6.42. The summed E-state index contributed by atoms with van der Waals surface area (Å²) in [5.41, 5.74) is 19.9. The fourth-order valence-electron chi connectivity index (χ4n) is 5.18. The van der Waals surface area contributed by atoms with E-state index in [9.17, 15) is 29.0 Å². The maximum absolute atomic E-state index is 13.2. The first kappa shape index (κ1) is 32.8. The van der Waals surface area contributed by atoms with E-state index in [4.69, 9.17) is 40.4 Å². The summed E-state index contributed by atoms with van der Waals surface area (Å²) in [7, 11) is -8.66. The first-order valence-corrected chi connectivity index (χ1v) is 16.0. The number of rotatable bonds is 11. The van der Waals surface area contributed by atoms with Gasteiger partial charge < -0.3 is 45.5 Å². The first-order chi connectivity index (χ1) is 22.4. The van der Waals surface area contributed by atoms with Crippen molar-refractivity contribution in [2.45, 2.75) is 49.0 Å². The highest BCUT2D eigenvalue weighted by molar-refractivity contribution is 7.47. The third-order valence-corrected chi connectivity index (χ3v) is 8.65. The number of nitrogens with one attached hydrogen (secondary N) is 1. The molecule has 0 amide bonds. The Balaban J connectivity index is 1.23. The predicted octanol–water partition coefficient (Wildman–Crippen LogP) is -1.78. The topological polar surface area (TPSA) is 369 Å². The molecule has 0 bridgehead atoms. The Hall–Kier alpha value is -4.09. The predicted molar refractivity (Wildman–Crippen MR) is 153 cm³/mol. The number of aliphatic hydroxyl groups excluding tert-OH is 2. The van der Waals surface area contributed by atoms with E-state index in [1.54, 1.807) is 0 Å². The molecule has 6 heterocycles. The van der Waals surface area contributed by atoms with Gasteiger partial charge in [0.25, 0.3) is 5.56 Å². The Morgan fingerprint density at radius 3 is 2.49 bits per heavy atom. The van der Waals surface area contributed by atoms with Gasteiger partial charge in [-0.15, -0.1) is 0 Å². The van der Waals surface area contributed by atoms with Gasteiger partial charge in [-0.25, -0.2) is 24.5 Å². The van der Waals surface area contributed by atoms with Crippen molar-refractivity contribution in [2.75, 3.05) is 24.7 Å². The van der Waals surface area contributed by atoms with Crippen LogP contribution in [0.5, 0.6) is 0 Å². The number of aromatic amines is 1. The molecule has 0 aliphatic carbocycles. The number of anilines is 2. The molecule has 2 saturated heterocycles. The SMILES string of the molecule is [N-]=[N+]=NC1[C@@H](O)[C@H](n2cnc3c(N)ncnc32)O[C@@H]1COP(=O)(O)O[C@@H]1[C@H](O)[C@@H](CO[PH](=O)O)O[C@H]1n1cnc2c(=O)[nH]c(N)nc21. The van der Waals surface area contributed by atoms with Crippen LogP contribution in [0.4, 0.5) is 11.8 Å². The number of nitrogen functional groups attached to an aromatic ring is 2. The van der Waals surface area contributed by atoms with Crippen LogP contribution in [0.2, 0.25) is 0 Å². The molecule has 0 radical (unpaired) electrons. The molecule has 4 aromatic heterocycles. The summed E-state index contributed by atoms with van der Waals surface area (Å²) in [5, 5.41) is 25.5. The molecule has 2 aliphatic rings. The highest BCUT2D eigenvalue weighted by atomic mass is 31.2. The number of aromatic nitrogens is 8. The Bertz CT molecular complexity index is 1980. The average Bonchev–Trinajstić information content (AvgIpc) is 3.77. The van der Waals surface area contributed by atoms with Crippen molar-refractivity contribution >= 4 is 50.2 Å². The third kappa shape index (κ3) is 6.30. The quantitative estimate of drug-likeness (QED) is 0.0393. The molecule has 0 spiro atoms. The van der Waals surface area contributed by atoms with E-state index >= 15 is 0 Å². The summed E-state index contributed by atoms with van der Waals surface area (Å²) >= 11 is 0. The van der Waals surface area contributed by atoms with Crippen LogP contribution in [-0.2, 0) is 32.2 Å². The fraction of sp³-hybridized carbons (Fsp3) is 0.500. The van der Waals surface area contributed by atoms with Gasteiger partial charge in [0.1, 0.15) is 36.3 Å². The first-order valence-electron chi connectivity index (χ1n) is 13.3. The van der Waals surface area contributed by atoms with Gasteiger partial charge in [0.05, 0.1) is 38.0 Å². The maximum atomic E-state index is 13.2. The Labute approximate surface area is 260 Å². The van der Waals surface area contributed by atoms with Crippen molar-refractivity contribution in [2.24, 2.45) is 5.11 Å². The van der Waals surface area contributed by atoms with E-state index in [0.29, 0.717) is 0 Å². The summed E-state index contributed by atoms with van der Waals surface area (Å²) in [6, 6.07) is -1.34. The number of phosphoric acid groups is 1. The van der Waals surface area contributed by atoms with E-state index in [0.717, 1.165) is 17.2 Å². The average molecular weight is 701 g/mol. The van der Waals surface area contributed by atoms with E-state index in [1.165, 1.54) is 10.9 Å². The Morgan fingerprint density at radius 2 is 1.77 bits per heavy atom. The smallest absolute Gasteiger partial charge is 0.388 e. The number of aliphatic hydroxyl groups is 2. The summed E-state index contributed by atoms with van der Waals surface area (Å²) in [4.78, 5) is 57.0. The molecule has 6 rings (SSSR count). The van der Waals surface area contributed by atoms with Gasteiger partial charge in [-0.3, -0.25) is 32.5 Å². The number of H-pyrrole nitrogens is 1. The van der Waals surface area contributed by atoms with Crippen molar-refractivity contribution in [3.8, 4) is 0 Å². The zero-order chi connectivity index (χ0) is 33.6. The molecule has 2 aliphatic heterocycles. The lowest BCUT2D eigenvalue weighted by atomic mass is 10.1. The van der Waals surface area contributed by atoms with Crippen molar-refractivity contribution in [3.05, 3.63) is 39.8 Å². The molecular formula is C20H25N13O12P2. The summed E-state index contributed by atoms with van der Waals surface area (Å²) in [5.74, 6) is -0.252. The number of hydrogen-bond donors (Lipinski definition) is 7.